The van der Waals surface area contributed by atoms with Crippen molar-refractivity contribution in [3.8, 4) is 11.4 Å². The largest absolute Gasteiger partial charge is 0.480 e. The molecule has 1 amide bonds. The van der Waals surface area contributed by atoms with Gasteiger partial charge in [0.25, 0.3) is 5.91 Å². The van der Waals surface area contributed by atoms with Crippen molar-refractivity contribution in [2.75, 3.05) is 0 Å². The van der Waals surface area contributed by atoms with Gasteiger partial charge in [-0.15, -0.1) is 0 Å². The number of rotatable bonds is 8. The minimum atomic E-state index is -1.01. The molecule has 0 saturated carbocycles. The van der Waals surface area contributed by atoms with Gasteiger partial charge in [-0.3, -0.25) is 9.89 Å². The van der Waals surface area contributed by atoms with Crippen molar-refractivity contribution < 1.29 is 14.7 Å². The number of nitrogens with one attached hydrogen (secondary N) is 2. The third kappa shape index (κ3) is 4.41. The summed E-state index contributed by atoms with van der Waals surface area (Å²) in [5.74, 6) is -0.0345. The molecule has 0 aliphatic heterocycles. The van der Waals surface area contributed by atoms with Gasteiger partial charge in [0, 0.05) is 17.5 Å². The van der Waals surface area contributed by atoms with Gasteiger partial charge in [0.15, 0.2) is 5.82 Å². The third-order valence-electron chi connectivity index (χ3n) is 3.72. The zero-order chi connectivity index (χ0) is 17.5. The number of hydrogen-bond donors (Lipinski definition) is 3. The van der Waals surface area contributed by atoms with Crippen molar-refractivity contribution in [1.82, 2.24) is 20.5 Å². The Balaban J connectivity index is 2.06. The number of benzene rings is 1. The summed E-state index contributed by atoms with van der Waals surface area (Å²) in [6.07, 6.45) is 2.82. The molecule has 1 atom stereocenters. The predicted octanol–water partition coefficient (Wildman–Crippen LogP) is 2.41. The zero-order valence-corrected chi connectivity index (χ0v) is 13.9. The summed E-state index contributed by atoms with van der Waals surface area (Å²) in [5, 5.41) is 18.7. The smallest absolute Gasteiger partial charge is 0.326 e. The Bertz CT molecular complexity index is 694. The fourth-order valence-electron chi connectivity index (χ4n) is 2.26. The Morgan fingerprint density at radius 1 is 1.25 bits per heavy atom. The van der Waals surface area contributed by atoms with E-state index in [2.05, 4.69) is 20.5 Å². The molecular weight excluding hydrogens is 308 g/mol. The van der Waals surface area contributed by atoms with Gasteiger partial charge in [0.05, 0.1) is 0 Å². The van der Waals surface area contributed by atoms with E-state index >= 15 is 0 Å². The molecule has 7 nitrogen and oxygen atoms in total. The number of hydrogen-bond acceptors (Lipinski definition) is 4. The Labute approximate surface area is 140 Å². The molecule has 7 heteroatoms. The number of carbonyl (C=O) groups excluding carboxylic acids is 1. The number of aryl methyl sites for hydroxylation is 1. The van der Waals surface area contributed by atoms with Crippen LogP contribution in [0.4, 0.5) is 0 Å². The van der Waals surface area contributed by atoms with Crippen LogP contribution in [0.1, 0.15) is 49.3 Å². The van der Waals surface area contributed by atoms with Gasteiger partial charge < -0.3 is 10.4 Å². The molecular formula is C17H22N4O3. The second kappa shape index (κ2) is 8.24. The van der Waals surface area contributed by atoms with E-state index in [9.17, 15) is 14.7 Å². The molecule has 0 spiro atoms. The minimum Gasteiger partial charge on any atom is -0.480 e. The summed E-state index contributed by atoms with van der Waals surface area (Å²) < 4.78 is 0. The molecule has 1 aromatic carbocycles. The fraction of sp³-hybridized carbons (Fsp3) is 0.412. The van der Waals surface area contributed by atoms with Crippen molar-refractivity contribution in [3.63, 3.8) is 0 Å². The second-order valence-corrected chi connectivity index (χ2v) is 5.54. The Kier molecular flexibility index (Phi) is 6.06. The number of carboxylic acids is 1. The van der Waals surface area contributed by atoms with E-state index in [0.717, 1.165) is 30.7 Å². The highest BCUT2D eigenvalue weighted by Crippen LogP contribution is 2.16. The maximum absolute atomic E-state index is 12.2. The average molecular weight is 330 g/mol. The first-order valence-electron chi connectivity index (χ1n) is 8.10. The standard InChI is InChI=1S/C17H22N4O3/c1-3-5-6-13(17(23)24)18-16(22)12-9-7-11(8-10-12)15-19-14(4-2)20-21-15/h7-10,13H,3-6H2,1-2H3,(H,18,22)(H,23,24)(H,19,20,21). The molecule has 128 valence electrons. The van der Waals surface area contributed by atoms with Crippen molar-refractivity contribution in [2.24, 2.45) is 0 Å². The molecule has 0 aliphatic carbocycles. The molecule has 0 fully saturated rings. The molecule has 2 rings (SSSR count). The van der Waals surface area contributed by atoms with E-state index in [1.807, 2.05) is 13.8 Å². The number of aromatic amines is 1. The van der Waals surface area contributed by atoms with E-state index in [1.54, 1.807) is 24.3 Å². The summed E-state index contributed by atoms with van der Waals surface area (Å²) in [7, 11) is 0. The van der Waals surface area contributed by atoms with Crippen LogP contribution in [0, 0.1) is 0 Å². The van der Waals surface area contributed by atoms with Crippen molar-refractivity contribution >= 4 is 11.9 Å². The van der Waals surface area contributed by atoms with E-state index in [0.29, 0.717) is 17.8 Å². The van der Waals surface area contributed by atoms with E-state index in [4.69, 9.17) is 0 Å². The van der Waals surface area contributed by atoms with E-state index < -0.39 is 17.9 Å². The summed E-state index contributed by atoms with van der Waals surface area (Å²) in [5.41, 5.74) is 1.20. The SMILES string of the molecule is CCCCC(NC(=O)c1ccc(-c2n[nH]c(CC)n2)cc1)C(=O)O. The van der Waals surface area contributed by atoms with Gasteiger partial charge in [0.2, 0.25) is 0 Å². The Morgan fingerprint density at radius 3 is 2.50 bits per heavy atom. The lowest BCUT2D eigenvalue weighted by Gasteiger charge is -2.14. The minimum absolute atomic E-state index is 0.394. The lowest BCUT2D eigenvalue weighted by atomic mass is 10.1. The van der Waals surface area contributed by atoms with Gasteiger partial charge in [-0.1, -0.05) is 38.8 Å². The van der Waals surface area contributed by atoms with Crippen LogP contribution in [0.2, 0.25) is 0 Å². The number of nitrogens with zero attached hydrogens (tertiary/aromatic N) is 2. The number of amides is 1. The first-order valence-corrected chi connectivity index (χ1v) is 8.10. The van der Waals surface area contributed by atoms with Crippen molar-refractivity contribution in [2.45, 2.75) is 45.6 Å². The Morgan fingerprint density at radius 2 is 1.96 bits per heavy atom. The number of aromatic nitrogens is 3. The zero-order valence-electron chi connectivity index (χ0n) is 13.9. The molecule has 24 heavy (non-hydrogen) atoms. The lowest BCUT2D eigenvalue weighted by Crippen LogP contribution is -2.40. The quantitative estimate of drug-likeness (QED) is 0.689. The van der Waals surface area contributed by atoms with E-state index in [1.165, 1.54) is 0 Å². The van der Waals surface area contributed by atoms with Crippen molar-refractivity contribution in [3.05, 3.63) is 35.7 Å². The number of unbranched alkanes of at least 4 members (excludes halogenated alkanes) is 1. The molecule has 0 saturated heterocycles. The van der Waals surface area contributed by atoms with Crippen LogP contribution < -0.4 is 5.32 Å². The highest BCUT2D eigenvalue weighted by Gasteiger charge is 2.20. The molecule has 1 aromatic heterocycles. The second-order valence-electron chi connectivity index (χ2n) is 5.54. The van der Waals surface area contributed by atoms with Gasteiger partial charge in [-0.2, -0.15) is 5.10 Å². The highest BCUT2D eigenvalue weighted by atomic mass is 16.4. The predicted molar refractivity (Wildman–Crippen MR) is 89.6 cm³/mol. The average Bonchev–Trinajstić information content (AvgIpc) is 3.07. The van der Waals surface area contributed by atoms with Crippen LogP contribution in [0.25, 0.3) is 11.4 Å². The monoisotopic (exact) mass is 330 g/mol. The fourth-order valence-corrected chi connectivity index (χ4v) is 2.26. The Hall–Kier alpha value is -2.70. The van der Waals surface area contributed by atoms with Crippen molar-refractivity contribution in [1.29, 1.82) is 0 Å². The summed E-state index contributed by atoms with van der Waals surface area (Å²) >= 11 is 0. The van der Waals surface area contributed by atoms with Crippen LogP contribution in [0.15, 0.2) is 24.3 Å². The molecule has 1 unspecified atom stereocenters. The topological polar surface area (TPSA) is 108 Å². The third-order valence-corrected chi connectivity index (χ3v) is 3.72. The highest BCUT2D eigenvalue weighted by molar-refractivity contribution is 5.96. The maximum atomic E-state index is 12.2. The first kappa shape index (κ1) is 17.7. The normalized spacial score (nSPS) is 11.9. The molecule has 2 aromatic rings. The van der Waals surface area contributed by atoms with Crippen LogP contribution >= 0.6 is 0 Å². The van der Waals surface area contributed by atoms with Crippen LogP contribution in [0.5, 0.6) is 0 Å². The molecule has 0 radical (unpaired) electrons. The van der Waals surface area contributed by atoms with Crippen LogP contribution in [-0.4, -0.2) is 38.2 Å². The van der Waals surface area contributed by atoms with Crippen LogP contribution in [0.3, 0.4) is 0 Å². The molecule has 0 bridgehead atoms. The maximum Gasteiger partial charge on any atom is 0.326 e. The lowest BCUT2D eigenvalue weighted by molar-refractivity contribution is -0.139. The molecule has 0 aliphatic rings. The summed E-state index contributed by atoms with van der Waals surface area (Å²) in [4.78, 5) is 27.8. The van der Waals surface area contributed by atoms with Gasteiger partial charge in [-0.05, 0) is 18.6 Å². The first-order chi connectivity index (χ1) is 11.5. The van der Waals surface area contributed by atoms with Crippen LogP contribution in [-0.2, 0) is 11.2 Å². The van der Waals surface area contributed by atoms with E-state index in [-0.39, 0.29) is 0 Å². The summed E-state index contributed by atoms with van der Waals surface area (Å²) in [6.45, 7) is 3.96. The number of aliphatic carboxylic acids is 1. The van der Waals surface area contributed by atoms with Gasteiger partial charge in [0.1, 0.15) is 11.9 Å². The molecule has 3 N–H and O–H groups in total. The molecule has 1 heterocycles. The van der Waals surface area contributed by atoms with Gasteiger partial charge in [-0.25, -0.2) is 9.78 Å². The number of carbonyl (C=O) groups is 2. The summed E-state index contributed by atoms with van der Waals surface area (Å²) in [6, 6.07) is 5.92. The number of carboxylic acid groups (broad SMARTS) is 1. The number of H-pyrrole nitrogens is 1. The van der Waals surface area contributed by atoms with Gasteiger partial charge >= 0.3 is 5.97 Å².